The molecule has 2 nitrogen and oxygen atoms in total. The van der Waals surface area contributed by atoms with E-state index in [0.717, 1.165) is 25.2 Å². The Labute approximate surface area is 104 Å². The summed E-state index contributed by atoms with van der Waals surface area (Å²) < 4.78 is 11.5. The summed E-state index contributed by atoms with van der Waals surface area (Å²) in [7, 11) is 0. The summed E-state index contributed by atoms with van der Waals surface area (Å²) in [4.78, 5) is 0. The molecule has 0 N–H and O–H groups in total. The lowest BCUT2D eigenvalue weighted by Crippen LogP contribution is -2.34. The molecule has 1 aliphatic rings. The summed E-state index contributed by atoms with van der Waals surface area (Å²) in [6.07, 6.45) is 0.982. The third kappa shape index (κ3) is 2.70. The Morgan fingerprint density at radius 1 is 1.00 bits per heavy atom. The van der Waals surface area contributed by atoms with Crippen LogP contribution in [0, 0.1) is 0 Å². The maximum Gasteiger partial charge on any atom is 0.191 e. The minimum atomic E-state index is -0.561. The van der Waals surface area contributed by atoms with Crippen LogP contribution in [0.3, 0.4) is 0 Å². The first-order chi connectivity index (χ1) is 7.92. The molecule has 0 radical (unpaired) electrons. The largest absolute Gasteiger partial charge is 0.346 e. The Morgan fingerprint density at radius 3 is 2.00 bits per heavy atom. The molecule has 0 unspecified atom stereocenters. The maximum atomic E-state index is 5.75. The average molecular weight is 234 g/mol. The topological polar surface area (TPSA) is 18.5 Å². The zero-order valence-corrected chi connectivity index (χ0v) is 11.2. The third-order valence-electron chi connectivity index (χ3n) is 3.32. The molecule has 17 heavy (non-hydrogen) atoms. The van der Waals surface area contributed by atoms with Crippen molar-refractivity contribution in [3.05, 3.63) is 35.4 Å². The normalized spacial score (nSPS) is 20.2. The van der Waals surface area contributed by atoms with E-state index in [4.69, 9.17) is 9.47 Å². The van der Waals surface area contributed by atoms with Crippen LogP contribution < -0.4 is 0 Å². The van der Waals surface area contributed by atoms with Gasteiger partial charge in [0.2, 0.25) is 0 Å². The Kier molecular flexibility index (Phi) is 3.28. The lowest BCUT2D eigenvalue weighted by Gasteiger charge is -2.34. The molecule has 94 valence electrons. The summed E-state index contributed by atoms with van der Waals surface area (Å²) >= 11 is 0. The first-order valence-corrected chi connectivity index (χ1v) is 6.31. The first kappa shape index (κ1) is 12.6. The van der Waals surface area contributed by atoms with Crippen LogP contribution in [-0.2, 0) is 20.7 Å². The summed E-state index contributed by atoms with van der Waals surface area (Å²) in [5.41, 5.74) is 2.62. The molecule has 2 heteroatoms. The van der Waals surface area contributed by atoms with Crippen LogP contribution in [0.5, 0.6) is 0 Å². The van der Waals surface area contributed by atoms with E-state index in [1.165, 1.54) is 5.56 Å². The van der Waals surface area contributed by atoms with Gasteiger partial charge in [-0.1, -0.05) is 45.0 Å². The van der Waals surface area contributed by atoms with Gasteiger partial charge in [0.05, 0.1) is 13.2 Å². The molecule has 0 amide bonds. The molecule has 0 bridgehead atoms. The predicted octanol–water partition coefficient (Wildman–Crippen LogP) is 3.59. The van der Waals surface area contributed by atoms with Crippen molar-refractivity contribution in [1.29, 1.82) is 0 Å². The summed E-state index contributed by atoms with van der Waals surface area (Å²) in [5.74, 6) is -0.561. The van der Waals surface area contributed by atoms with Crippen molar-refractivity contribution in [2.24, 2.45) is 0 Å². The van der Waals surface area contributed by atoms with Crippen LogP contribution in [0.1, 0.15) is 45.2 Å². The molecule has 1 aromatic rings. The van der Waals surface area contributed by atoms with Crippen molar-refractivity contribution in [3.8, 4) is 0 Å². The molecule has 2 rings (SSSR count). The van der Waals surface area contributed by atoms with Crippen LogP contribution in [0.15, 0.2) is 24.3 Å². The van der Waals surface area contributed by atoms with Gasteiger partial charge in [0.25, 0.3) is 0 Å². The van der Waals surface area contributed by atoms with E-state index >= 15 is 0 Å². The Morgan fingerprint density at radius 2 is 1.53 bits per heavy atom. The molecule has 0 atom stereocenters. The van der Waals surface area contributed by atoms with E-state index in [-0.39, 0.29) is 5.41 Å². The molecule has 1 fully saturated rings. The lowest BCUT2D eigenvalue weighted by molar-refractivity contribution is -0.264. The van der Waals surface area contributed by atoms with Crippen molar-refractivity contribution in [3.63, 3.8) is 0 Å². The summed E-state index contributed by atoms with van der Waals surface area (Å²) in [6, 6.07) is 8.57. The maximum absolute atomic E-state index is 5.75. The smallest absolute Gasteiger partial charge is 0.191 e. The van der Waals surface area contributed by atoms with Gasteiger partial charge < -0.3 is 9.47 Å². The van der Waals surface area contributed by atoms with Gasteiger partial charge >= 0.3 is 0 Å². The number of hydrogen-bond acceptors (Lipinski definition) is 2. The van der Waals surface area contributed by atoms with E-state index in [9.17, 15) is 0 Å². The van der Waals surface area contributed by atoms with Gasteiger partial charge in [-0.3, -0.25) is 0 Å². The molecule has 0 aromatic heterocycles. The van der Waals surface area contributed by atoms with Gasteiger partial charge in [0.1, 0.15) is 0 Å². The van der Waals surface area contributed by atoms with Gasteiger partial charge in [0.15, 0.2) is 5.79 Å². The minimum Gasteiger partial charge on any atom is -0.346 e. The second-order valence-corrected chi connectivity index (χ2v) is 5.82. The second kappa shape index (κ2) is 4.43. The first-order valence-electron chi connectivity index (χ1n) is 6.31. The summed E-state index contributed by atoms with van der Waals surface area (Å²) in [6.45, 7) is 10.2. The highest BCUT2D eigenvalue weighted by molar-refractivity contribution is 5.29. The highest BCUT2D eigenvalue weighted by Crippen LogP contribution is 2.31. The molecular formula is C15H22O2. The van der Waals surface area contributed by atoms with Gasteiger partial charge in [-0.2, -0.15) is 0 Å². The molecule has 1 saturated heterocycles. The third-order valence-corrected chi connectivity index (χ3v) is 3.32. The Bertz CT molecular complexity index is 367. The second-order valence-electron chi connectivity index (χ2n) is 5.82. The van der Waals surface area contributed by atoms with Crippen molar-refractivity contribution < 1.29 is 9.47 Å². The quantitative estimate of drug-likeness (QED) is 0.739. The fourth-order valence-corrected chi connectivity index (χ4v) is 2.07. The van der Waals surface area contributed by atoms with Crippen molar-refractivity contribution >= 4 is 0 Å². The SMILES string of the molecule is CC(C)(C)c1ccc(C2(C)OCCCO2)cc1. The molecule has 0 saturated carbocycles. The zero-order chi connectivity index (χ0) is 12.5. The van der Waals surface area contributed by atoms with Crippen LogP contribution in [-0.4, -0.2) is 13.2 Å². The number of hydrogen-bond donors (Lipinski definition) is 0. The van der Waals surface area contributed by atoms with E-state index in [1.807, 2.05) is 6.92 Å². The Balaban J connectivity index is 2.23. The van der Waals surface area contributed by atoms with Gasteiger partial charge in [-0.25, -0.2) is 0 Å². The van der Waals surface area contributed by atoms with Gasteiger partial charge in [-0.05, 0) is 24.3 Å². The van der Waals surface area contributed by atoms with Crippen molar-refractivity contribution in [2.45, 2.75) is 45.3 Å². The highest BCUT2D eigenvalue weighted by Gasteiger charge is 2.31. The van der Waals surface area contributed by atoms with Crippen LogP contribution >= 0.6 is 0 Å². The predicted molar refractivity (Wildman–Crippen MR) is 69.0 cm³/mol. The summed E-state index contributed by atoms with van der Waals surface area (Å²) in [5, 5.41) is 0. The zero-order valence-electron chi connectivity index (χ0n) is 11.2. The van der Waals surface area contributed by atoms with E-state index < -0.39 is 5.79 Å². The van der Waals surface area contributed by atoms with Crippen LogP contribution in [0.2, 0.25) is 0 Å². The molecule has 0 aliphatic carbocycles. The van der Waals surface area contributed by atoms with E-state index in [0.29, 0.717) is 0 Å². The fourth-order valence-electron chi connectivity index (χ4n) is 2.07. The standard InChI is InChI=1S/C15H22O2/c1-14(2,3)12-6-8-13(9-7-12)15(4)16-10-5-11-17-15/h6-9H,5,10-11H2,1-4H3. The van der Waals surface area contributed by atoms with Crippen molar-refractivity contribution in [1.82, 2.24) is 0 Å². The van der Waals surface area contributed by atoms with E-state index in [1.54, 1.807) is 0 Å². The monoisotopic (exact) mass is 234 g/mol. The van der Waals surface area contributed by atoms with Crippen molar-refractivity contribution in [2.75, 3.05) is 13.2 Å². The molecule has 1 aromatic carbocycles. The van der Waals surface area contributed by atoms with Gasteiger partial charge in [0, 0.05) is 5.56 Å². The molecule has 1 aliphatic heterocycles. The van der Waals surface area contributed by atoms with Gasteiger partial charge in [-0.15, -0.1) is 0 Å². The average Bonchev–Trinajstić information content (AvgIpc) is 2.29. The number of benzene rings is 1. The van der Waals surface area contributed by atoms with Crippen LogP contribution in [0.25, 0.3) is 0 Å². The van der Waals surface area contributed by atoms with E-state index in [2.05, 4.69) is 45.0 Å². The minimum absolute atomic E-state index is 0.188. The number of rotatable bonds is 1. The highest BCUT2D eigenvalue weighted by atomic mass is 16.7. The van der Waals surface area contributed by atoms with Crippen LogP contribution in [0.4, 0.5) is 0 Å². The Hall–Kier alpha value is -0.860. The molecule has 0 spiro atoms. The molecule has 1 heterocycles. The lowest BCUT2D eigenvalue weighted by atomic mass is 9.86. The fraction of sp³-hybridized carbons (Fsp3) is 0.600. The molecular weight excluding hydrogens is 212 g/mol. The number of ether oxygens (including phenoxy) is 2.